The molecule has 5 nitrogen and oxygen atoms in total. The summed E-state index contributed by atoms with van der Waals surface area (Å²) in [5.41, 5.74) is 2.19. The highest BCUT2D eigenvalue weighted by Crippen LogP contribution is 2.24. The molecule has 2 aromatic heterocycles. The van der Waals surface area contributed by atoms with E-state index in [1.54, 1.807) is 11.3 Å². The molecule has 2 rings (SSSR count). The number of hydrogen-bond donors (Lipinski definition) is 1. The second-order valence-electron chi connectivity index (χ2n) is 5.31. The first-order valence-corrected chi connectivity index (χ1v) is 6.85. The summed E-state index contributed by atoms with van der Waals surface area (Å²) in [5.74, 6) is 0. The molecule has 0 radical (unpaired) electrons. The molecule has 0 atom stereocenters. The molecule has 0 saturated heterocycles. The first-order valence-electron chi connectivity index (χ1n) is 5.97. The molecule has 0 aromatic carbocycles. The van der Waals surface area contributed by atoms with Crippen molar-refractivity contribution >= 4 is 11.3 Å². The summed E-state index contributed by atoms with van der Waals surface area (Å²) in [6.07, 6.45) is 1.95. The highest BCUT2D eigenvalue weighted by Gasteiger charge is 2.17. The average molecular weight is 265 g/mol. The van der Waals surface area contributed by atoms with Gasteiger partial charge in [-0.25, -0.2) is 9.67 Å². The van der Waals surface area contributed by atoms with Crippen molar-refractivity contribution < 1.29 is 0 Å². The molecule has 18 heavy (non-hydrogen) atoms. The molecular formula is C12H19N5S. The Labute approximate surface area is 111 Å². The Balaban J connectivity index is 2.06. The summed E-state index contributed by atoms with van der Waals surface area (Å²) in [5, 5.41) is 14.4. The highest BCUT2D eigenvalue weighted by molar-refractivity contribution is 7.09. The van der Waals surface area contributed by atoms with Crippen molar-refractivity contribution in [1.82, 2.24) is 25.3 Å². The fourth-order valence-electron chi connectivity index (χ4n) is 1.54. The van der Waals surface area contributed by atoms with Gasteiger partial charge in [0, 0.05) is 17.3 Å². The van der Waals surface area contributed by atoms with Gasteiger partial charge in [-0.3, -0.25) is 0 Å². The van der Waals surface area contributed by atoms with Crippen molar-refractivity contribution in [3.05, 3.63) is 28.0 Å². The smallest absolute Gasteiger partial charge is 0.114 e. The summed E-state index contributed by atoms with van der Waals surface area (Å²) >= 11 is 1.68. The highest BCUT2D eigenvalue weighted by atomic mass is 32.1. The Morgan fingerprint density at radius 2 is 2.17 bits per heavy atom. The van der Waals surface area contributed by atoms with E-state index in [9.17, 15) is 0 Å². The summed E-state index contributed by atoms with van der Waals surface area (Å²) in [7, 11) is 1.90. The van der Waals surface area contributed by atoms with Crippen molar-refractivity contribution in [2.24, 2.45) is 0 Å². The van der Waals surface area contributed by atoms with Gasteiger partial charge < -0.3 is 5.32 Å². The van der Waals surface area contributed by atoms with Gasteiger partial charge >= 0.3 is 0 Å². The number of nitrogens with zero attached hydrogens (tertiary/aromatic N) is 4. The Kier molecular flexibility index (Phi) is 3.77. The third kappa shape index (κ3) is 3.14. The summed E-state index contributed by atoms with van der Waals surface area (Å²) in [6.45, 7) is 7.95. The van der Waals surface area contributed by atoms with E-state index in [4.69, 9.17) is 0 Å². The number of nitrogens with one attached hydrogen (secondary N) is 1. The van der Waals surface area contributed by atoms with Crippen LogP contribution in [0.3, 0.4) is 0 Å². The standard InChI is InChI=1S/C12H19N5S/c1-12(2,3)10-8-18-11(14-10)7-17-6-9(5-13-4)15-16-17/h6,8,13H,5,7H2,1-4H3. The molecule has 0 spiro atoms. The topological polar surface area (TPSA) is 55.6 Å². The fraction of sp³-hybridized carbons (Fsp3) is 0.583. The quantitative estimate of drug-likeness (QED) is 0.916. The van der Waals surface area contributed by atoms with Crippen LogP contribution in [0.25, 0.3) is 0 Å². The molecule has 6 heteroatoms. The third-order valence-corrected chi connectivity index (χ3v) is 3.39. The van der Waals surface area contributed by atoms with Crippen molar-refractivity contribution in [1.29, 1.82) is 0 Å². The predicted molar refractivity (Wildman–Crippen MR) is 72.7 cm³/mol. The maximum atomic E-state index is 4.65. The van der Waals surface area contributed by atoms with Crippen LogP contribution in [0.15, 0.2) is 11.6 Å². The Morgan fingerprint density at radius 3 is 2.78 bits per heavy atom. The first-order chi connectivity index (χ1) is 8.49. The molecule has 1 N–H and O–H groups in total. The van der Waals surface area contributed by atoms with Gasteiger partial charge in [0.2, 0.25) is 0 Å². The minimum absolute atomic E-state index is 0.106. The Hall–Kier alpha value is -1.27. The van der Waals surface area contributed by atoms with Gasteiger partial charge in [0.15, 0.2) is 0 Å². The first kappa shape index (κ1) is 13.2. The van der Waals surface area contributed by atoms with E-state index >= 15 is 0 Å². The molecule has 0 aliphatic heterocycles. The van der Waals surface area contributed by atoms with Crippen molar-refractivity contribution in [2.45, 2.75) is 39.3 Å². The zero-order valence-corrected chi connectivity index (χ0v) is 12.1. The maximum Gasteiger partial charge on any atom is 0.114 e. The van der Waals surface area contributed by atoms with Gasteiger partial charge in [-0.15, -0.1) is 16.4 Å². The van der Waals surface area contributed by atoms with Crippen LogP contribution in [0.1, 0.15) is 37.2 Å². The Morgan fingerprint density at radius 1 is 1.39 bits per heavy atom. The largest absolute Gasteiger partial charge is 0.314 e. The van der Waals surface area contributed by atoms with Crippen LogP contribution in [0.4, 0.5) is 0 Å². The molecule has 0 unspecified atom stereocenters. The molecule has 0 amide bonds. The molecule has 0 aliphatic carbocycles. The summed E-state index contributed by atoms with van der Waals surface area (Å²) in [4.78, 5) is 4.65. The average Bonchev–Trinajstić information content (AvgIpc) is 2.88. The molecule has 2 aromatic rings. The predicted octanol–water partition coefficient (Wildman–Crippen LogP) is 1.80. The lowest BCUT2D eigenvalue weighted by atomic mass is 9.93. The fourth-order valence-corrected chi connectivity index (χ4v) is 2.56. The summed E-state index contributed by atoms with van der Waals surface area (Å²) in [6, 6.07) is 0. The zero-order valence-electron chi connectivity index (χ0n) is 11.3. The van der Waals surface area contributed by atoms with Gasteiger partial charge in [-0.2, -0.15) is 0 Å². The third-order valence-electron chi connectivity index (χ3n) is 2.56. The summed E-state index contributed by atoms with van der Waals surface area (Å²) < 4.78 is 1.83. The molecule has 0 aliphatic rings. The van der Waals surface area contributed by atoms with E-state index in [2.05, 4.69) is 46.8 Å². The molecular weight excluding hydrogens is 246 g/mol. The van der Waals surface area contributed by atoms with E-state index in [1.807, 2.05) is 17.9 Å². The van der Waals surface area contributed by atoms with Gasteiger partial charge in [0.25, 0.3) is 0 Å². The SMILES string of the molecule is CNCc1cn(Cc2nc(C(C)(C)C)cs2)nn1. The van der Waals surface area contributed by atoms with Crippen molar-refractivity contribution in [3.63, 3.8) is 0 Å². The van der Waals surface area contributed by atoms with Crippen LogP contribution in [0, 0.1) is 0 Å². The lowest BCUT2D eigenvalue weighted by Gasteiger charge is -2.14. The monoisotopic (exact) mass is 265 g/mol. The van der Waals surface area contributed by atoms with Crippen molar-refractivity contribution in [2.75, 3.05) is 7.05 Å². The van der Waals surface area contributed by atoms with Crippen LogP contribution in [0.5, 0.6) is 0 Å². The van der Waals surface area contributed by atoms with E-state index in [0.717, 1.165) is 22.9 Å². The maximum absolute atomic E-state index is 4.65. The van der Waals surface area contributed by atoms with Crippen LogP contribution in [-0.4, -0.2) is 27.0 Å². The van der Waals surface area contributed by atoms with Crippen LogP contribution < -0.4 is 5.32 Å². The van der Waals surface area contributed by atoms with Gasteiger partial charge in [0.1, 0.15) is 5.01 Å². The lowest BCUT2D eigenvalue weighted by Crippen LogP contribution is -2.12. The minimum Gasteiger partial charge on any atom is -0.314 e. The van der Waals surface area contributed by atoms with Gasteiger partial charge in [-0.05, 0) is 7.05 Å². The lowest BCUT2D eigenvalue weighted by molar-refractivity contribution is 0.566. The number of thiazole rings is 1. The van der Waals surface area contributed by atoms with Crippen LogP contribution in [0.2, 0.25) is 0 Å². The van der Waals surface area contributed by atoms with Gasteiger partial charge in [-0.1, -0.05) is 26.0 Å². The minimum atomic E-state index is 0.106. The van der Waals surface area contributed by atoms with E-state index in [0.29, 0.717) is 6.54 Å². The second kappa shape index (κ2) is 5.16. The Bertz CT molecular complexity index is 509. The molecule has 0 bridgehead atoms. The number of rotatable bonds is 4. The van der Waals surface area contributed by atoms with Gasteiger partial charge in [0.05, 0.1) is 24.1 Å². The normalized spacial score (nSPS) is 12.0. The van der Waals surface area contributed by atoms with E-state index < -0.39 is 0 Å². The zero-order chi connectivity index (χ0) is 13.2. The molecule has 0 saturated carbocycles. The molecule has 98 valence electrons. The van der Waals surface area contributed by atoms with E-state index in [-0.39, 0.29) is 5.41 Å². The number of hydrogen-bond acceptors (Lipinski definition) is 5. The van der Waals surface area contributed by atoms with Crippen LogP contribution in [-0.2, 0) is 18.5 Å². The number of aromatic nitrogens is 4. The molecule has 2 heterocycles. The molecule has 0 fully saturated rings. The van der Waals surface area contributed by atoms with E-state index in [1.165, 1.54) is 0 Å². The second-order valence-corrected chi connectivity index (χ2v) is 6.26. The van der Waals surface area contributed by atoms with Crippen LogP contribution >= 0.6 is 11.3 Å². The van der Waals surface area contributed by atoms with Crippen molar-refractivity contribution in [3.8, 4) is 0 Å².